The van der Waals surface area contributed by atoms with Crippen molar-refractivity contribution in [2.24, 2.45) is 11.8 Å². The normalized spacial score (nSPS) is 17.1. The molecule has 2 saturated carbocycles. The Morgan fingerprint density at radius 3 is 2.41 bits per heavy atom. The second-order valence-corrected chi connectivity index (χ2v) is 10.4. The maximum Gasteiger partial charge on any atom is 0.435 e. The summed E-state index contributed by atoms with van der Waals surface area (Å²) in [6.07, 6.45) is 2.93. The highest BCUT2D eigenvalue weighted by Gasteiger charge is 2.36. The molecule has 1 atom stereocenters. The Labute approximate surface area is 213 Å². The summed E-state index contributed by atoms with van der Waals surface area (Å²) >= 11 is 0. The van der Waals surface area contributed by atoms with Crippen LogP contribution in [0, 0.1) is 11.8 Å². The molecule has 3 aromatic rings. The number of anilines is 1. The van der Waals surface area contributed by atoms with Gasteiger partial charge < -0.3 is 5.32 Å². The van der Waals surface area contributed by atoms with E-state index in [9.17, 15) is 22.8 Å². The van der Waals surface area contributed by atoms with Crippen LogP contribution in [0.3, 0.4) is 0 Å². The number of nitrogens with zero attached hydrogens (tertiary/aromatic N) is 1. The van der Waals surface area contributed by atoms with E-state index in [4.69, 9.17) is 0 Å². The topological polar surface area (TPSA) is 74.8 Å². The van der Waals surface area contributed by atoms with Gasteiger partial charge in [-0.3, -0.25) is 9.59 Å². The molecule has 0 saturated heterocycles. The Morgan fingerprint density at radius 2 is 1.73 bits per heavy atom. The first-order chi connectivity index (χ1) is 17.8. The van der Waals surface area contributed by atoms with Crippen LogP contribution in [0.25, 0.3) is 0 Å². The standard InChI is InChI=1S/C29H30F3N3O2/c30-29(31,32)27-23(17-25(36)34-35-27)15-19-10-12-22(13-11-19)26(21-5-1-2-6-21)28(37)33-24-7-3-4-20(16-24)14-18-8-9-18/h3-4,7,10-13,16-18,21,26H,1-2,5-6,8-9,14-15H2,(H,33,37)(H,34,36). The van der Waals surface area contributed by atoms with Gasteiger partial charge in [0, 0.05) is 11.8 Å². The zero-order valence-corrected chi connectivity index (χ0v) is 20.5. The second-order valence-electron chi connectivity index (χ2n) is 10.4. The Balaban J connectivity index is 1.35. The van der Waals surface area contributed by atoms with Gasteiger partial charge >= 0.3 is 6.18 Å². The molecule has 194 valence electrons. The van der Waals surface area contributed by atoms with Crippen molar-refractivity contribution in [3.8, 4) is 0 Å². The van der Waals surface area contributed by atoms with Crippen LogP contribution in [0.1, 0.15) is 72.4 Å². The molecule has 2 aliphatic carbocycles. The number of benzene rings is 2. The minimum absolute atomic E-state index is 0.0543. The van der Waals surface area contributed by atoms with Crippen molar-refractivity contribution in [1.82, 2.24) is 10.2 Å². The number of carbonyl (C=O) groups excluding carboxylic acids is 1. The highest BCUT2D eigenvalue weighted by Crippen LogP contribution is 2.39. The molecule has 1 heterocycles. The lowest BCUT2D eigenvalue weighted by molar-refractivity contribution is -0.142. The van der Waals surface area contributed by atoms with E-state index in [0.29, 0.717) is 5.56 Å². The van der Waals surface area contributed by atoms with E-state index >= 15 is 0 Å². The summed E-state index contributed by atoms with van der Waals surface area (Å²) in [5, 5.41) is 8.21. The summed E-state index contributed by atoms with van der Waals surface area (Å²) in [7, 11) is 0. The largest absolute Gasteiger partial charge is 0.435 e. The van der Waals surface area contributed by atoms with Gasteiger partial charge in [-0.15, -0.1) is 0 Å². The molecule has 0 spiro atoms. The number of aromatic amines is 1. The summed E-state index contributed by atoms with van der Waals surface area (Å²) in [6.45, 7) is 0. The van der Waals surface area contributed by atoms with Crippen molar-refractivity contribution in [3.05, 3.63) is 92.9 Å². The van der Waals surface area contributed by atoms with Crippen molar-refractivity contribution in [3.63, 3.8) is 0 Å². The highest BCUT2D eigenvalue weighted by molar-refractivity contribution is 5.96. The van der Waals surface area contributed by atoms with E-state index in [1.807, 2.05) is 29.4 Å². The molecule has 1 aromatic heterocycles. The molecular formula is C29H30F3N3O2. The number of hydrogen-bond donors (Lipinski definition) is 2. The molecule has 0 radical (unpaired) electrons. The van der Waals surface area contributed by atoms with Crippen molar-refractivity contribution >= 4 is 11.6 Å². The predicted octanol–water partition coefficient (Wildman–Crippen LogP) is 6.24. The summed E-state index contributed by atoms with van der Waals surface area (Å²) < 4.78 is 40.1. The Bertz CT molecular complexity index is 1310. The van der Waals surface area contributed by atoms with Gasteiger partial charge in [-0.25, -0.2) is 5.10 Å². The molecule has 2 N–H and O–H groups in total. The SMILES string of the molecule is O=C(Nc1cccc(CC2CC2)c1)C(c1ccc(Cc2cc(=O)[nH]nc2C(F)(F)F)cc1)C1CCCC1. The zero-order valence-electron chi connectivity index (χ0n) is 20.5. The summed E-state index contributed by atoms with van der Waals surface area (Å²) in [6, 6.07) is 16.1. The van der Waals surface area contributed by atoms with Gasteiger partial charge in [-0.2, -0.15) is 18.3 Å². The molecule has 0 aliphatic heterocycles. The number of rotatable bonds is 8. The summed E-state index contributed by atoms with van der Waals surface area (Å²) in [5.41, 5.74) is 1.53. The van der Waals surface area contributed by atoms with Gasteiger partial charge in [0.25, 0.3) is 5.56 Å². The van der Waals surface area contributed by atoms with E-state index < -0.39 is 17.4 Å². The van der Waals surface area contributed by atoms with Crippen LogP contribution in [-0.4, -0.2) is 16.1 Å². The van der Waals surface area contributed by atoms with Gasteiger partial charge in [-0.1, -0.05) is 49.2 Å². The Hall–Kier alpha value is -3.42. The second kappa shape index (κ2) is 10.5. The number of nitrogens with one attached hydrogen (secondary N) is 2. The number of alkyl halides is 3. The van der Waals surface area contributed by atoms with Crippen LogP contribution in [0.5, 0.6) is 0 Å². The lowest BCUT2D eigenvalue weighted by atomic mass is 9.83. The summed E-state index contributed by atoms with van der Waals surface area (Å²) in [4.78, 5) is 25.2. The molecule has 2 aliphatic rings. The van der Waals surface area contributed by atoms with Gasteiger partial charge in [0.05, 0.1) is 5.92 Å². The first-order valence-electron chi connectivity index (χ1n) is 12.9. The molecule has 2 fully saturated rings. The molecule has 5 nitrogen and oxygen atoms in total. The maximum absolute atomic E-state index is 13.5. The first kappa shape index (κ1) is 25.2. The fourth-order valence-electron chi connectivity index (χ4n) is 5.46. The van der Waals surface area contributed by atoms with E-state index in [1.165, 1.54) is 18.4 Å². The van der Waals surface area contributed by atoms with E-state index in [-0.39, 0.29) is 29.7 Å². The molecule has 1 unspecified atom stereocenters. The number of amides is 1. The van der Waals surface area contributed by atoms with Gasteiger partial charge in [0.2, 0.25) is 5.91 Å². The molecular weight excluding hydrogens is 479 g/mol. The molecule has 5 rings (SSSR count). The van der Waals surface area contributed by atoms with Crippen LogP contribution in [0.2, 0.25) is 0 Å². The average molecular weight is 510 g/mol. The quantitative estimate of drug-likeness (QED) is 0.377. The van der Waals surface area contributed by atoms with Crippen molar-refractivity contribution in [2.75, 3.05) is 5.32 Å². The van der Waals surface area contributed by atoms with Crippen molar-refractivity contribution < 1.29 is 18.0 Å². The predicted molar refractivity (Wildman–Crippen MR) is 135 cm³/mol. The van der Waals surface area contributed by atoms with Gasteiger partial charge in [0.1, 0.15) is 0 Å². The number of halogens is 3. The van der Waals surface area contributed by atoms with E-state index in [0.717, 1.165) is 55.3 Å². The smallest absolute Gasteiger partial charge is 0.326 e. The van der Waals surface area contributed by atoms with Gasteiger partial charge in [0.15, 0.2) is 5.69 Å². The number of H-pyrrole nitrogens is 1. The van der Waals surface area contributed by atoms with Crippen LogP contribution in [0.15, 0.2) is 59.4 Å². The fourth-order valence-corrected chi connectivity index (χ4v) is 5.46. The maximum atomic E-state index is 13.5. The van der Waals surface area contributed by atoms with Crippen LogP contribution < -0.4 is 10.9 Å². The van der Waals surface area contributed by atoms with Crippen molar-refractivity contribution in [1.29, 1.82) is 0 Å². The summed E-state index contributed by atoms with van der Waals surface area (Å²) in [5.74, 6) is 0.583. The monoisotopic (exact) mass is 509 g/mol. The third kappa shape index (κ3) is 6.29. The Morgan fingerprint density at radius 1 is 1.00 bits per heavy atom. The third-order valence-corrected chi connectivity index (χ3v) is 7.46. The fraction of sp³-hybridized carbons (Fsp3) is 0.414. The Kier molecular flexibility index (Phi) is 7.17. The molecule has 2 aromatic carbocycles. The minimum Gasteiger partial charge on any atom is -0.326 e. The van der Waals surface area contributed by atoms with Crippen LogP contribution in [-0.2, 0) is 23.8 Å². The highest BCUT2D eigenvalue weighted by atomic mass is 19.4. The van der Waals surface area contributed by atoms with Crippen molar-refractivity contribution in [2.45, 2.75) is 63.5 Å². The van der Waals surface area contributed by atoms with Crippen LogP contribution >= 0.6 is 0 Å². The molecule has 37 heavy (non-hydrogen) atoms. The number of carbonyl (C=O) groups is 1. The van der Waals surface area contributed by atoms with Crippen LogP contribution in [0.4, 0.5) is 18.9 Å². The molecule has 0 bridgehead atoms. The zero-order chi connectivity index (χ0) is 26.0. The minimum atomic E-state index is -4.67. The third-order valence-electron chi connectivity index (χ3n) is 7.46. The number of hydrogen-bond acceptors (Lipinski definition) is 3. The molecule has 8 heteroatoms. The van der Waals surface area contributed by atoms with E-state index in [2.05, 4.69) is 22.5 Å². The average Bonchev–Trinajstić information content (AvgIpc) is 3.50. The lowest BCUT2D eigenvalue weighted by Crippen LogP contribution is -2.26. The van der Waals surface area contributed by atoms with E-state index in [1.54, 1.807) is 12.1 Å². The molecule has 1 amide bonds. The number of aromatic nitrogens is 2. The first-order valence-corrected chi connectivity index (χ1v) is 12.9. The lowest BCUT2D eigenvalue weighted by Gasteiger charge is -2.24. The van der Waals surface area contributed by atoms with Gasteiger partial charge in [-0.05, 0) is 84.7 Å².